The zero-order valence-corrected chi connectivity index (χ0v) is 7.47. The average molecular weight is 190 g/mol. The second-order valence-electron chi connectivity index (χ2n) is 2.83. The number of rotatable bonds is 2. The fourth-order valence-electron chi connectivity index (χ4n) is 1.32. The van der Waals surface area contributed by atoms with Gasteiger partial charge in [-0.05, 0) is 19.8 Å². The van der Waals surface area contributed by atoms with Gasteiger partial charge in [-0.1, -0.05) is 0 Å². The molecule has 0 bridgehead atoms. The van der Waals surface area contributed by atoms with Gasteiger partial charge in [-0.15, -0.1) is 0 Å². The molecule has 12 heavy (non-hydrogen) atoms. The Labute approximate surface area is 72.4 Å². The lowest BCUT2D eigenvalue weighted by atomic mass is 10.1. The van der Waals surface area contributed by atoms with E-state index in [1.54, 1.807) is 0 Å². The van der Waals surface area contributed by atoms with Gasteiger partial charge in [0, 0.05) is 10.8 Å². The van der Waals surface area contributed by atoms with Crippen molar-refractivity contribution in [1.29, 1.82) is 0 Å². The number of carbonyl (C=O) groups excluding carboxylic acids is 1. The molecule has 0 amide bonds. The molecule has 1 rings (SSSR count). The Bertz CT molecular complexity index is 224. The van der Waals surface area contributed by atoms with Crippen LogP contribution in [0.5, 0.6) is 0 Å². The first kappa shape index (κ1) is 9.38. The highest BCUT2D eigenvalue weighted by Crippen LogP contribution is 2.24. The van der Waals surface area contributed by atoms with Crippen LogP contribution in [0.25, 0.3) is 0 Å². The van der Waals surface area contributed by atoms with E-state index in [0.717, 1.165) is 0 Å². The molecule has 0 radical (unpaired) electrons. The number of aliphatic carboxylic acids is 1. The number of hydrogen-bond acceptors (Lipinski definition) is 3. The highest BCUT2D eigenvalue weighted by molar-refractivity contribution is 7.88. The van der Waals surface area contributed by atoms with Gasteiger partial charge in [0.25, 0.3) is 0 Å². The molecule has 1 aliphatic rings. The Balaban J connectivity index is 2.74. The van der Waals surface area contributed by atoms with Crippen molar-refractivity contribution >= 4 is 22.6 Å². The summed E-state index contributed by atoms with van der Waals surface area (Å²) in [5, 5.41) is 7.19. The summed E-state index contributed by atoms with van der Waals surface area (Å²) in [5.74, 6) is -1.23. The fraction of sp³-hybridized carbons (Fsp3) is 0.714. The molecule has 0 aromatic rings. The minimum absolute atomic E-state index is 0.169. The summed E-state index contributed by atoms with van der Waals surface area (Å²) >= 11 is 0. The van der Waals surface area contributed by atoms with E-state index in [1.165, 1.54) is 6.92 Å². The van der Waals surface area contributed by atoms with Gasteiger partial charge in [-0.2, -0.15) is 0 Å². The molecule has 1 saturated heterocycles. The van der Waals surface area contributed by atoms with Crippen molar-refractivity contribution in [3.63, 3.8) is 0 Å². The lowest BCUT2D eigenvalue weighted by Gasteiger charge is -2.04. The van der Waals surface area contributed by atoms with Gasteiger partial charge in [0.05, 0.1) is 5.25 Å². The van der Waals surface area contributed by atoms with E-state index in [2.05, 4.69) is 0 Å². The summed E-state index contributed by atoms with van der Waals surface area (Å²) in [4.78, 5) is 21.3. The molecule has 3 unspecified atom stereocenters. The molecule has 0 saturated carbocycles. The van der Waals surface area contributed by atoms with Gasteiger partial charge in [-0.25, -0.2) is 0 Å². The van der Waals surface area contributed by atoms with Crippen molar-refractivity contribution in [2.75, 3.05) is 0 Å². The molecule has 68 valence electrons. The van der Waals surface area contributed by atoms with Gasteiger partial charge in [0.2, 0.25) is 0 Å². The van der Waals surface area contributed by atoms with Gasteiger partial charge < -0.3 is 5.11 Å². The van der Waals surface area contributed by atoms with E-state index in [9.17, 15) is 13.8 Å². The van der Waals surface area contributed by atoms with Crippen LogP contribution >= 0.6 is 0 Å². The summed E-state index contributed by atoms with van der Waals surface area (Å²) in [6.07, 6.45) is 0.797. The summed E-state index contributed by atoms with van der Waals surface area (Å²) in [6, 6.07) is 0. The maximum atomic E-state index is 11.3. The average Bonchev–Trinajstić information content (AvgIpc) is 2.30. The first-order chi connectivity index (χ1) is 5.54. The summed E-state index contributed by atoms with van der Waals surface area (Å²) in [5.41, 5.74) is 0. The molecule has 3 atom stereocenters. The van der Waals surface area contributed by atoms with Crippen LogP contribution in [0.3, 0.4) is 0 Å². The van der Waals surface area contributed by atoms with Crippen LogP contribution in [0.4, 0.5) is 0 Å². The Morgan fingerprint density at radius 3 is 2.08 bits per heavy atom. The van der Waals surface area contributed by atoms with Gasteiger partial charge in [-0.3, -0.25) is 13.8 Å². The van der Waals surface area contributed by atoms with E-state index in [-0.39, 0.29) is 5.78 Å². The third-order valence-electron chi connectivity index (χ3n) is 1.98. The Morgan fingerprint density at radius 1 is 1.33 bits per heavy atom. The van der Waals surface area contributed by atoms with E-state index in [4.69, 9.17) is 5.11 Å². The second kappa shape index (κ2) is 3.35. The zero-order valence-electron chi connectivity index (χ0n) is 6.65. The second-order valence-corrected chi connectivity index (χ2v) is 4.63. The summed E-state index contributed by atoms with van der Waals surface area (Å²) in [6.45, 7) is 1.35. The van der Waals surface area contributed by atoms with Crippen LogP contribution in [0, 0.1) is 0 Å². The van der Waals surface area contributed by atoms with Crippen molar-refractivity contribution in [2.45, 2.75) is 30.3 Å². The largest absolute Gasteiger partial charge is 0.480 e. The smallest absolute Gasteiger partial charge is 0.319 e. The maximum absolute atomic E-state index is 11.3. The minimum Gasteiger partial charge on any atom is -0.480 e. The van der Waals surface area contributed by atoms with E-state index >= 15 is 0 Å². The number of Topliss-reactive ketones (excluding diaryl/α,β-unsaturated/α-hetero) is 1. The topological polar surface area (TPSA) is 71.4 Å². The quantitative estimate of drug-likeness (QED) is 0.662. The Morgan fingerprint density at radius 2 is 1.83 bits per heavy atom. The number of ketones is 1. The van der Waals surface area contributed by atoms with Crippen LogP contribution in [-0.2, 0) is 20.4 Å². The Kier molecular flexibility index (Phi) is 2.62. The highest BCUT2D eigenvalue weighted by atomic mass is 32.2. The first-order valence-electron chi connectivity index (χ1n) is 3.66. The standard InChI is InChI=1S/C7H10O4S/c1-4(8)5-2-3-6(7(9)10)12(5)11/h5-6H,2-3H2,1H3,(H,9,10). The molecule has 5 heteroatoms. The van der Waals surface area contributed by atoms with Gasteiger partial charge in [0.15, 0.2) is 0 Å². The molecule has 1 heterocycles. The van der Waals surface area contributed by atoms with Crippen LogP contribution < -0.4 is 0 Å². The molecule has 4 nitrogen and oxygen atoms in total. The van der Waals surface area contributed by atoms with E-state index in [0.29, 0.717) is 12.8 Å². The minimum atomic E-state index is -1.51. The van der Waals surface area contributed by atoms with E-state index in [1.807, 2.05) is 0 Å². The highest BCUT2D eigenvalue weighted by Gasteiger charge is 2.39. The van der Waals surface area contributed by atoms with Crippen molar-refractivity contribution in [2.24, 2.45) is 0 Å². The van der Waals surface area contributed by atoms with Gasteiger partial charge in [0.1, 0.15) is 11.0 Å². The zero-order chi connectivity index (χ0) is 9.30. The molecule has 1 fully saturated rings. The van der Waals surface area contributed by atoms with Crippen LogP contribution in [0.1, 0.15) is 19.8 Å². The number of carboxylic acid groups (broad SMARTS) is 1. The molecule has 1 N–H and O–H groups in total. The predicted molar refractivity (Wildman–Crippen MR) is 43.3 cm³/mol. The van der Waals surface area contributed by atoms with Gasteiger partial charge >= 0.3 is 5.97 Å². The SMILES string of the molecule is CC(=O)C1CCC(C(=O)O)S1=O. The number of carbonyl (C=O) groups is 2. The summed E-state index contributed by atoms with van der Waals surface area (Å²) < 4.78 is 11.3. The molecule has 0 aliphatic carbocycles. The van der Waals surface area contributed by atoms with Crippen LogP contribution in [-0.4, -0.2) is 31.6 Å². The third-order valence-corrected chi connectivity index (χ3v) is 4.11. The third kappa shape index (κ3) is 1.55. The first-order valence-corrected chi connectivity index (χ1v) is 4.94. The molecule has 1 aliphatic heterocycles. The van der Waals surface area contributed by atoms with Crippen molar-refractivity contribution in [3.05, 3.63) is 0 Å². The lowest BCUT2D eigenvalue weighted by Crippen LogP contribution is -2.27. The maximum Gasteiger partial charge on any atom is 0.319 e. The molecular weight excluding hydrogens is 180 g/mol. The van der Waals surface area contributed by atoms with Crippen LogP contribution in [0.2, 0.25) is 0 Å². The normalized spacial score (nSPS) is 34.9. The van der Waals surface area contributed by atoms with Crippen LogP contribution in [0.15, 0.2) is 0 Å². The van der Waals surface area contributed by atoms with Crippen molar-refractivity contribution in [3.8, 4) is 0 Å². The van der Waals surface area contributed by atoms with Crippen molar-refractivity contribution < 1.29 is 18.9 Å². The number of carboxylic acids is 1. The summed E-state index contributed by atoms with van der Waals surface area (Å²) in [7, 11) is -1.51. The molecule has 0 spiro atoms. The monoisotopic (exact) mass is 190 g/mol. The molecular formula is C7H10O4S. The Hall–Kier alpha value is -0.710. The fourth-order valence-corrected chi connectivity index (χ4v) is 2.98. The predicted octanol–water partition coefficient (Wildman–Crippen LogP) is -0.0603. The molecule has 0 aromatic carbocycles. The lowest BCUT2D eigenvalue weighted by molar-refractivity contribution is -0.136. The number of hydrogen-bond donors (Lipinski definition) is 1. The van der Waals surface area contributed by atoms with Crippen molar-refractivity contribution in [1.82, 2.24) is 0 Å². The van der Waals surface area contributed by atoms with E-state index < -0.39 is 27.3 Å². The molecule has 0 aromatic heterocycles.